The second-order valence-electron chi connectivity index (χ2n) is 6.94. The second-order valence-corrected chi connectivity index (χ2v) is 8.01. The highest BCUT2D eigenvalue weighted by Gasteiger charge is 2.35. The molecule has 124 valence electrons. The van der Waals surface area contributed by atoms with Crippen molar-refractivity contribution in [3.05, 3.63) is 41.9 Å². The van der Waals surface area contributed by atoms with Crippen molar-refractivity contribution in [1.82, 2.24) is 19.9 Å². The van der Waals surface area contributed by atoms with Crippen molar-refractivity contribution < 1.29 is 0 Å². The molecule has 2 heterocycles. The first-order chi connectivity index (χ1) is 11.6. The Labute approximate surface area is 146 Å². The molecule has 0 bridgehead atoms. The zero-order valence-corrected chi connectivity index (χ0v) is 15.1. The molecule has 0 amide bonds. The Morgan fingerprint density at radius 3 is 2.58 bits per heavy atom. The molecule has 1 aliphatic carbocycles. The van der Waals surface area contributed by atoms with E-state index in [1.165, 1.54) is 22.5 Å². The van der Waals surface area contributed by atoms with Gasteiger partial charge in [0, 0.05) is 36.0 Å². The Morgan fingerprint density at radius 2 is 1.88 bits per heavy atom. The summed E-state index contributed by atoms with van der Waals surface area (Å²) in [7, 11) is 2.23. The average molecular weight is 338 g/mol. The monoisotopic (exact) mass is 338 g/mol. The molecule has 1 aromatic carbocycles. The first kappa shape index (κ1) is 15.7. The Balaban J connectivity index is 1.55. The third kappa shape index (κ3) is 2.82. The SMILES string of the molecule is CC(C)N(C)C1CC(c2nc3ccc(-c4cncnc4)cc3s2)C1. The summed E-state index contributed by atoms with van der Waals surface area (Å²) in [4.78, 5) is 15.6. The molecular formula is C19H22N4S. The number of benzene rings is 1. The van der Waals surface area contributed by atoms with Crippen LogP contribution in [-0.4, -0.2) is 39.0 Å². The van der Waals surface area contributed by atoms with Crippen molar-refractivity contribution in [1.29, 1.82) is 0 Å². The standard InChI is InChI=1S/C19H22N4S/c1-12(2)23(3)16-6-14(7-16)19-22-17-5-4-13(8-18(17)24-19)15-9-20-11-21-10-15/h4-5,8-12,14,16H,6-7H2,1-3H3. The fourth-order valence-electron chi connectivity index (χ4n) is 3.29. The predicted octanol–water partition coefficient (Wildman–Crippen LogP) is 4.34. The van der Waals surface area contributed by atoms with Crippen LogP contribution in [0.5, 0.6) is 0 Å². The van der Waals surface area contributed by atoms with E-state index in [1.807, 2.05) is 23.7 Å². The van der Waals surface area contributed by atoms with Crippen molar-refractivity contribution in [2.75, 3.05) is 7.05 Å². The molecule has 3 aromatic rings. The van der Waals surface area contributed by atoms with Gasteiger partial charge in [-0.05, 0) is 51.4 Å². The first-order valence-electron chi connectivity index (χ1n) is 8.49. The number of hydrogen-bond donors (Lipinski definition) is 0. The summed E-state index contributed by atoms with van der Waals surface area (Å²) in [6.07, 6.45) is 7.73. The van der Waals surface area contributed by atoms with Crippen molar-refractivity contribution in [2.45, 2.75) is 44.7 Å². The normalized spacial score (nSPS) is 20.7. The van der Waals surface area contributed by atoms with E-state index in [1.54, 1.807) is 6.33 Å². The smallest absolute Gasteiger partial charge is 0.115 e. The molecule has 4 nitrogen and oxygen atoms in total. The van der Waals surface area contributed by atoms with Gasteiger partial charge in [-0.25, -0.2) is 15.0 Å². The summed E-state index contributed by atoms with van der Waals surface area (Å²) in [5, 5.41) is 1.29. The molecule has 0 atom stereocenters. The predicted molar refractivity (Wildman–Crippen MR) is 99.3 cm³/mol. The second kappa shape index (κ2) is 6.22. The summed E-state index contributed by atoms with van der Waals surface area (Å²) in [6.45, 7) is 4.53. The van der Waals surface area contributed by atoms with Gasteiger partial charge in [-0.3, -0.25) is 0 Å². The molecule has 2 aromatic heterocycles. The average Bonchev–Trinajstić information content (AvgIpc) is 2.96. The minimum absolute atomic E-state index is 0.613. The third-order valence-corrected chi connectivity index (χ3v) is 6.33. The van der Waals surface area contributed by atoms with Gasteiger partial charge in [0.05, 0.1) is 15.2 Å². The van der Waals surface area contributed by atoms with Gasteiger partial charge in [-0.15, -0.1) is 11.3 Å². The molecule has 24 heavy (non-hydrogen) atoms. The Kier molecular flexibility index (Phi) is 4.06. The molecule has 4 rings (SSSR count). The molecule has 0 aliphatic heterocycles. The molecule has 0 N–H and O–H groups in total. The highest BCUT2D eigenvalue weighted by molar-refractivity contribution is 7.18. The van der Waals surface area contributed by atoms with Crippen molar-refractivity contribution in [2.24, 2.45) is 0 Å². The summed E-state index contributed by atoms with van der Waals surface area (Å²) >= 11 is 1.84. The lowest BCUT2D eigenvalue weighted by Crippen LogP contribution is -2.44. The zero-order chi connectivity index (χ0) is 16.7. The number of rotatable bonds is 4. The van der Waals surface area contributed by atoms with Crippen LogP contribution >= 0.6 is 11.3 Å². The number of thiazole rings is 1. The maximum Gasteiger partial charge on any atom is 0.115 e. The summed E-state index contributed by atoms with van der Waals surface area (Å²) in [6, 6.07) is 7.77. The van der Waals surface area contributed by atoms with Crippen LogP contribution in [0, 0.1) is 0 Å². The number of aromatic nitrogens is 3. The van der Waals surface area contributed by atoms with E-state index in [9.17, 15) is 0 Å². The van der Waals surface area contributed by atoms with Crippen molar-refractivity contribution >= 4 is 21.6 Å². The number of nitrogens with zero attached hydrogens (tertiary/aromatic N) is 4. The van der Waals surface area contributed by atoms with Crippen LogP contribution in [0.1, 0.15) is 37.6 Å². The maximum absolute atomic E-state index is 4.88. The summed E-state index contributed by atoms with van der Waals surface area (Å²) < 4.78 is 1.26. The van der Waals surface area contributed by atoms with E-state index >= 15 is 0 Å². The quantitative estimate of drug-likeness (QED) is 0.710. The molecule has 0 radical (unpaired) electrons. The number of hydrogen-bond acceptors (Lipinski definition) is 5. The minimum Gasteiger partial charge on any atom is -0.301 e. The minimum atomic E-state index is 0.613. The fraction of sp³-hybridized carbons (Fsp3) is 0.421. The molecule has 0 spiro atoms. The van der Waals surface area contributed by atoms with Gasteiger partial charge >= 0.3 is 0 Å². The van der Waals surface area contributed by atoms with E-state index in [-0.39, 0.29) is 0 Å². The number of fused-ring (bicyclic) bond motifs is 1. The van der Waals surface area contributed by atoms with Crippen LogP contribution in [0.3, 0.4) is 0 Å². The topological polar surface area (TPSA) is 41.9 Å². The van der Waals surface area contributed by atoms with Crippen LogP contribution in [0.2, 0.25) is 0 Å². The lowest BCUT2D eigenvalue weighted by molar-refractivity contribution is 0.108. The van der Waals surface area contributed by atoms with Gasteiger partial charge in [-0.1, -0.05) is 6.07 Å². The fourth-order valence-corrected chi connectivity index (χ4v) is 4.42. The largest absolute Gasteiger partial charge is 0.301 e. The van der Waals surface area contributed by atoms with Gasteiger partial charge < -0.3 is 4.90 Å². The van der Waals surface area contributed by atoms with Gasteiger partial charge in [-0.2, -0.15) is 0 Å². The van der Waals surface area contributed by atoms with Crippen LogP contribution in [-0.2, 0) is 0 Å². The molecule has 5 heteroatoms. The van der Waals surface area contributed by atoms with Crippen LogP contribution in [0.4, 0.5) is 0 Å². The Morgan fingerprint density at radius 1 is 1.12 bits per heavy atom. The molecular weight excluding hydrogens is 316 g/mol. The molecule has 1 fully saturated rings. The van der Waals surface area contributed by atoms with E-state index in [4.69, 9.17) is 4.98 Å². The van der Waals surface area contributed by atoms with E-state index in [0.29, 0.717) is 18.0 Å². The summed E-state index contributed by atoms with van der Waals surface area (Å²) in [5.41, 5.74) is 3.32. The van der Waals surface area contributed by atoms with Crippen LogP contribution in [0.25, 0.3) is 21.3 Å². The highest BCUT2D eigenvalue weighted by atomic mass is 32.1. The van der Waals surface area contributed by atoms with Crippen molar-refractivity contribution in [3.8, 4) is 11.1 Å². The first-order valence-corrected chi connectivity index (χ1v) is 9.31. The van der Waals surface area contributed by atoms with Crippen LogP contribution < -0.4 is 0 Å². The molecule has 0 unspecified atom stereocenters. The van der Waals surface area contributed by atoms with E-state index in [2.05, 4.69) is 54.0 Å². The Bertz CT molecular complexity index is 837. The molecule has 1 aliphatic rings. The van der Waals surface area contributed by atoms with E-state index in [0.717, 1.165) is 16.6 Å². The summed E-state index contributed by atoms with van der Waals surface area (Å²) in [5.74, 6) is 0.622. The van der Waals surface area contributed by atoms with Gasteiger partial charge in [0.25, 0.3) is 0 Å². The maximum atomic E-state index is 4.88. The zero-order valence-electron chi connectivity index (χ0n) is 14.3. The lowest BCUT2D eigenvalue weighted by Gasteiger charge is -2.42. The molecule has 1 saturated carbocycles. The van der Waals surface area contributed by atoms with Crippen molar-refractivity contribution in [3.63, 3.8) is 0 Å². The van der Waals surface area contributed by atoms with Gasteiger partial charge in [0.1, 0.15) is 6.33 Å². The van der Waals surface area contributed by atoms with E-state index < -0.39 is 0 Å². The van der Waals surface area contributed by atoms with Gasteiger partial charge in [0.2, 0.25) is 0 Å². The Hall–Kier alpha value is -1.85. The molecule has 0 saturated heterocycles. The van der Waals surface area contributed by atoms with Gasteiger partial charge in [0.15, 0.2) is 0 Å². The lowest BCUT2D eigenvalue weighted by atomic mass is 9.79. The highest BCUT2D eigenvalue weighted by Crippen LogP contribution is 2.43. The third-order valence-electron chi connectivity index (χ3n) is 5.15. The van der Waals surface area contributed by atoms with Crippen LogP contribution in [0.15, 0.2) is 36.9 Å².